The number of aliphatic hydroxyl groups is 3. The third-order valence-electron chi connectivity index (χ3n) is 8.96. The summed E-state index contributed by atoms with van der Waals surface area (Å²) in [5, 5.41) is 31.3. The molecular weight excluding hydrogens is 532 g/mol. The van der Waals surface area contributed by atoms with Crippen molar-refractivity contribution in [1.82, 2.24) is 0 Å². The van der Waals surface area contributed by atoms with Gasteiger partial charge in [-0.05, 0) is 51.5 Å². The molecule has 0 aliphatic carbocycles. The van der Waals surface area contributed by atoms with Gasteiger partial charge in [0.1, 0.15) is 11.9 Å². The highest BCUT2D eigenvalue weighted by Gasteiger charge is 2.34. The number of ketones is 1. The molecule has 2 aliphatic heterocycles. The lowest BCUT2D eigenvalue weighted by Gasteiger charge is -2.22. The molecule has 0 spiro atoms. The van der Waals surface area contributed by atoms with Crippen molar-refractivity contribution in [3.05, 3.63) is 11.6 Å². The Hall–Kier alpha value is -1.28. The molecule has 0 aromatic heterocycles. The summed E-state index contributed by atoms with van der Waals surface area (Å²) >= 11 is 0. The lowest BCUT2D eigenvalue weighted by Crippen LogP contribution is -2.31. The van der Waals surface area contributed by atoms with Crippen molar-refractivity contribution >= 4 is 11.8 Å². The molecule has 0 amide bonds. The second kappa shape index (κ2) is 22.3. The topological polar surface area (TPSA) is 113 Å². The standard InChI is InChI=1S/C35H62O7/c1-3-4-5-6-7-8-9-10-13-16-19-31(38)33-23-24-34(42-33)32(39)20-17-14-11-12-15-18-29(36)21-22-30(37)26-28-25-27(2)41-35(28)40/h25,27,30-34,37-39H,3-24,26H2,1-2H3/t27-,30+,31-,32-,33-,34-/m1/s1. The highest BCUT2D eigenvalue weighted by molar-refractivity contribution is 5.90. The van der Waals surface area contributed by atoms with Crippen LogP contribution in [-0.4, -0.2) is 63.7 Å². The minimum Gasteiger partial charge on any atom is -0.455 e. The minimum absolute atomic E-state index is 0.137. The van der Waals surface area contributed by atoms with Crippen LogP contribution in [0.1, 0.15) is 162 Å². The number of hydrogen-bond donors (Lipinski definition) is 3. The van der Waals surface area contributed by atoms with Crippen molar-refractivity contribution in [2.75, 3.05) is 0 Å². The summed E-state index contributed by atoms with van der Waals surface area (Å²) in [7, 11) is 0. The second-order valence-electron chi connectivity index (χ2n) is 12.9. The maximum absolute atomic E-state index is 12.2. The van der Waals surface area contributed by atoms with Gasteiger partial charge in [0.25, 0.3) is 0 Å². The predicted molar refractivity (Wildman–Crippen MR) is 167 cm³/mol. The van der Waals surface area contributed by atoms with E-state index in [1.165, 1.54) is 57.8 Å². The molecule has 42 heavy (non-hydrogen) atoms. The van der Waals surface area contributed by atoms with E-state index in [4.69, 9.17) is 9.47 Å². The first-order valence-corrected chi connectivity index (χ1v) is 17.4. The van der Waals surface area contributed by atoms with E-state index < -0.39 is 18.3 Å². The Bertz CT molecular complexity index is 766. The molecule has 244 valence electrons. The molecule has 0 aromatic carbocycles. The van der Waals surface area contributed by atoms with Gasteiger partial charge in [0.05, 0.1) is 30.5 Å². The molecule has 0 aromatic rings. The molecule has 2 heterocycles. The number of unbranched alkanes of at least 4 members (excludes halogenated alkanes) is 13. The zero-order valence-corrected chi connectivity index (χ0v) is 26.8. The van der Waals surface area contributed by atoms with E-state index >= 15 is 0 Å². The molecule has 3 N–H and O–H groups in total. The van der Waals surface area contributed by atoms with Crippen molar-refractivity contribution in [3.63, 3.8) is 0 Å². The normalized spacial score (nSPS) is 22.6. The predicted octanol–water partition coefficient (Wildman–Crippen LogP) is 7.27. The maximum atomic E-state index is 12.2. The van der Waals surface area contributed by atoms with Gasteiger partial charge < -0.3 is 24.8 Å². The quantitative estimate of drug-likeness (QED) is 0.0713. The average Bonchev–Trinajstić information content (AvgIpc) is 3.58. The van der Waals surface area contributed by atoms with Crippen LogP contribution in [0, 0.1) is 0 Å². The molecule has 2 aliphatic rings. The summed E-state index contributed by atoms with van der Waals surface area (Å²) in [6.07, 6.45) is 21.9. The summed E-state index contributed by atoms with van der Waals surface area (Å²) in [6, 6.07) is 0. The van der Waals surface area contributed by atoms with Gasteiger partial charge in [0.15, 0.2) is 0 Å². The molecule has 0 bridgehead atoms. The van der Waals surface area contributed by atoms with Crippen molar-refractivity contribution in [2.45, 2.75) is 198 Å². The lowest BCUT2D eigenvalue weighted by molar-refractivity contribution is -0.139. The lowest BCUT2D eigenvalue weighted by atomic mass is 9.99. The highest BCUT2D eigenvalue weighted by Crippen LogP contribution is 2.28. The third-order valence-corrected chi connectivity index (χ3v) is 8.96. The van der Waals surface area contributed by atoms with E-state index in [2.05, 4.69) is 6.92 Å². The first-order valence-electron chi connectivity index (χ1n) is 17.4. The first kappa shape index (κ1) is 36.9. The minimum atomic E-state index is -0.698. The Morgan fingerprint density at radius 2 is 1.26 bits per heavy atom. The van der Waals surface area contributed by atoms with Crippen LogP contribution in [0.25, 0.3) is 0 Å². The van der Waals surface area contributed by atoms with Gasteiger partial charge in [-0.3, -0.25) is 4.79 Å². The van der Waals surface area contributed by atoms with E-state index in [0.29, 0.717) is 31.3 Å². The Kier molecular flexibility index (Phi) is 19.6. The van der Waals surface area contributed by atoms with Crippen LogP contribution in [0.3, 0.4) is 0 Å². The Labute approximate surface area is 255 Å². The summed E-state index contributed by atoms with van der Waals surface area (Å²) in [5.74, 6) is -0.210. The van der Waals surface area contributed by atoms with Gasteiger partial charge in [0, 0.05) is 24.8 Å². The fraction of sp³-hybridized carbons (Fsp3) is 0.886. The van der Waals surface area contributed by atoms with Crippen LogP contribution < -0.4 is 0 Å². The van der Waals surface area contributed by atoms with Crippen molar-refractivity contribution in [3.8, 4) is 0 Å². The fourth-order valence-electron chi connectivity index (χ4n) is 6.26. The van der Waals surface area contributed by atoms with Gasteiger partial charge in [0.2, 0.25) is 0 Å². The number of carbonyl (C=O) groups excluding carboxylic acids is 2. The Morgan fingerprint density at radius 3 is 1.76 bits per heavy atom. The molecular formula is C35H62O7. The molecule has 2 rings (SSSR count). The molecule has 1 saturated heterocycles. The number of Topliss-reactive ketones (excluding diaryl/α,β-unsaturated/α-hetero) is 1. The zero-order chi connectivity index (χ0) is 30.6. The van der Waals surface area contributed by atoms with Crippen LogP contribution in [0.5, 0.6) is 0 Å². The summed E-state index contributed by atoms with van der Waals surface area (Å²) in [6.45, 7) is 4.04. The van der Waals surface area contributed by atoms with E-state index in [0.717, 1.165) is 57.8 Å². The van der Waals surface area contributed by atoms with Crippen molar-refractivity contribution < 1.29 is 34.4 Å². The SMILES string of the molecule is CCCCCCCCCCCC[C@@H](O)[C@H]1CC[C@H]([C@H](O)CCCCCCCC(=O)CC[C@H](O)CC2=C[C@@H](C)OC2=O)O1. The van der Waals surface area contributed by atoms with E-state index in [9.17, 15) is 24.9 Å². The van der Waals surface area contributed by atoms with Gasteiger partial charge in [-0.2, -0.15) is 0 Å². The summed E-state index contributed by atoms with van der Waals surface area (Å²) in [5.41, 5.74) is 0.504. The van der Waals surface area contributed by atoms with E-state index in [1.807, 2.05) is 0 Å². The fourth-order valence-corrected chi connectivity index (χ4v) is 6.26. The van der Waals surface area contributed by atoms with E-state index in [-0.39, 0.29) is 36.5 Å². The van der Waals surface area contributed by atoms with Gasteiger partial charge in [-0.25, -0.2) is 4.79 Å². The second-order valence-corrected chi connectivity index (χ2v) is 12.9. The maximum Gasteiger partial charge on any atom is 0.334 e. The average molecular weight is 595 g/mol. The third kappa shape index (κ3) is 16.0. The van der Waals surface area contributed by atoms with Gasteiger partial charge in [-0.15, -0.1) is 0 Å². The first-order chi connectivity index (χ1) is 20.3. The largest absolute Gasteiger partial charge is 0.455 e. The number of rotatable bonds is 26. The van der Waals surface area contributed by atoms with Crippen LogP contribution in [0.4, 0.5) is 0 Å². The molecule has 0 radical (unpaired) electrons. The zero-order valence-electron chi connectivity index (χ0n) is 26.8. The number of ether oxygens (including phenoxy) is 2. The number of carbonyl (C=O) groups is 2. The number of cyclic esters (lactones) is 1. The smallest absolute Gasteiger partial charge is 0.334 e. The molecule has 7 heteroatoms. The Balaban J connectivity index is 1.41. The summed E-state index contributed by atoms with van der Waals surface area (Å²) < 4.78 is 11.1. The molecule has 0 saturated carbocycles. The number of aliphatic hydroxyl groups excluding tert-OH is 3. The van der Waals surface area contributed by atoms with Crippen LogP contribution in [0.15, 0.2) is 11.6 Å². The van der Waals surface area contributed by atoms with E-state index in [1.54, 1.807) is 13.0 Å². The summed E-state index contributed by atoms with van der Waals surface area (Å²) in [4.78, 5) is 23.8. The van der Waals surface area contributed by atoms with Crippen LogP contribution in [-0.2, 0) is 19.1 Å². The number of hydrogen-bond acceptors (Lipinski definition) is 7. The van der Waals surface area contributed by atoms with Gasteiger partial charge >= 0.3 is 5.97 Å². The Morgan fingerprint density at radius 1 is 0.762 bits per heavy atom. The van der Waals surface area contributed by atoms with Crippen LogP contribution >= 0.6 is 0 Å². The molecule has 6 atom stereocenters. The molecule has 7 nitrogen and oxygen atoms in total. The molecule has 1 fully saturated rings. The molecule has 0 unspecified atom stereocenters. The number of esters is 1. The van der Waals surface area contributed by atoms with Crippen LogP contribution in [0.2, 0.25) is 0 Å². The van der Waals surface area contributed by atoms with Crippen molar-refractivity contribution in [1.29, 1.82) is 0 Å². The highest BCUT2D eigenvalue weighted by atomic mass is 16.5. The van der Waals surface area contributed by atoms with Gasteiger partial charge in [-0.1, -0.05) is 96.8 Å². The van der Waals surface area contributed by atoms with Crippen molar-refractivity contribution in [2.24, 2.45) is 0 Å². The monoisotopic (exact) mass is 594 g/mol.